The van der Waals surface area contributed by atoms with E-state index in [0.29, 0.717) is 59.3 Å². The van der Waals surface area contributed by atoms with E-state index < -0.39 is 37.6 Å². The van der Waals surface area contributed by atoms with Gasteiger partial charge in [-0.1, -0.05) is 46.5 Å². The van der Waals surface area contributed by atoms with E-state index in [2.05, 4.69) is 17.6 Å². The Morgan fingerprint density at radius 3 is 1.44 bits per heavy atom. The summed E-state index contributed by atoms with van der Waals surface area (Å²) in [5, 5.41) is 5.51. The van der Waals surface area contributed by atoms with Crippen molar-refractivity contribution in [2.45, 2.75) is 107 Å². The lowest BCUT2D eigenvalue weighted by atomic mass is 9.76. The van der Waals surface area contributed by atoms with Gasteiger partial charge in [0.25, 0.3) is 0 Å². The largest absolute Gasteiger partial charge is 0.498 e. The Kier molecular flexibility index (Phi) is 22.0. The molecule has 9 rings (SSSR count). The number of hydrogen-bond acceptors (Lipinski definition) is 14. The van der Waals surface area contributed by atoms with Gasteiger partial charge in [0.05, 0.1) is 38.1 Å². The number of carbonyl (C=O) groups is 2. The zero-order valence-corrected chi connectivity index (χ0v) is 38.7. The van der Waals surface area contributed by atoms with E-state index in [4.69, 9.17) is 57.3 Å². The molecule has 0 unspecified atom stereocenters. The summed E-state index contributed by atoms with van der Waals surface area (Å²) >= 11 is 0. The van der Waals surface area contributed by atoms with Gasteiger partial charge in [-0.3, -0.25) is 0 Å². The van der Waals surface area contributed by atoms with Crippen molar-refractivity contribution in [2.24, 2.45) is 5.73 Å². The van der Waals surface area contributed by atoms with E-state index in [0.717, 1.165) is 55.9 Å². The van der Waals surface area contributed by atoms with E-state index in [1.165, 1.54) is 5.56 Å². The van der Waals surface area contributed by atoms with Crippen LogP contribution < -0.4 is 47.0 Å². The summed E-state index contributed by atoms with van der Waals surface area (Å²) in [6.07, 6.45) is -1.52. The molecular weight excluding hydrogens is 894 g/mol. The predicted octanol–water partition coefficient (Wildman–Crippen LogP) is 5.96. The van der Waals surface area contributed by atoms with Gasteiger partial charge in [-0.2, -0.15) is 0 Å². The SMILES string of the molecule is C.C.C.CC(C)(C)OC(=O)NC[C@H]1OB2OCCOc3cccc1c32.Cc1ccc2c3c1[C@@H](CN)OB3OCCO2.Cc1ccc2c3c1[C@@H](CNC(=O)OC(C)(C)C)OB3OCCO2.Cl.Cl. The monoisotopic (exact) mass is 963 g/mol. The van der Waals surface area contributed by atoms with Crippen molar-refractivity contribution in [1.29, 1.82) is 0 Å². The summed E-state index contributed by atoms with van der Waals surface area (Å²) in [7, 11) is -1.17. The summed E-state index contributed by atoms with van der Waals surface area (Å²) in [5.74, 6) is 2.46. The molecule has 0 saturated heterocycles. The van der Waals surface area contributed by atoms with Crippen LogP contribution in [0.25, 0.3) is 0 Å². The van der Waals surface area contributed by atoms with Crippen molar-refractivity contribution in [3.05, 3.63) is 70.3 Å². The minimum absolute atomic E-state index is 0. The molecule has 6 aliphatic rings. The van der Waals surface area contributed by atoms with Gasteiger partial charge >= 0.3 is 33.5 Å². The maximum absolute atomic E-state index is 11.9. The number of alkyl carbamates (subject to hydrolysis) is 2. The highest BCUT2D eigenvalue weighted by molar-refractivity contribution is 6.65. The molecule has 66 heavy (non-hydrogen) atoms. The van der Waals surface area contributed by atoms with E-state index >= 15 is 0 Å². The van der Waals surface area contributed by atoms with Gasteiger partial charge in [0.2, 0.25) is 0 Å². The number of hydrogen-bond donors (Lipinski definition) is 3. The first kappa shape index (κ1) is 58.2. The number of benzene rings is 3. The lowest BCUT2D eigenvalue weighted by Gasteiger charge is -2.21. The zero-order valence-electron chi connectivity index (χ0n) is 37.1. The standard InChI is InChI=1S/C16H22BNO5.C15H20BNO5.C11H14BNO3.3CH4.2ClH/c1-10-5-6-11-14-13(10)12(23-17(14)21-8-7-20-11)9-18-15(19)22-16(2,3)4;1-15(2,3)21-14(18)17-9-12-10-5-4-6-11-13(10)16(22-12)20-8-7-19-11;1-7-2-3-8-11-10(7)9(6-13)16-12(11)15-5-4-14-8;;;;;/h5-6,12H,7-9H2,1-4H3,(H,18,19);4-6,12H,7-9H2,1-3H3,(H,17,18);2-3,9H,4-6,13H2,1H3;3*1H4;2*1H/t2*12-;9-;;;;;/m111...../s1. The summed E-state index contributed by atoms with van der Waals surface area (Å²) < 4.78 is 62.2. The molecular formula is C45H70B3Cl2N3O13. The lowest BCUT2D eigenvalue weighted by Crippen LogP contribution is -2.35. The second-order valence-electron chi connectivity index (χ2n) is 17.2. The molecule has 0 fully saturated rings. The molecule has 6 heterocycles. The van der Waals surface area contributed by atoms with Crippen LogP contribution in [-0.2, 0) is 37.4 Å². The molecule has 0 aliphatic carbocycles. The molecule has 0 spiro atoms. The Bertz CT molecular complexity index is 2080. The molecule has 3 atom stereocenters. The van der Waals surface area contributed by atoms with Gasteiger partial charge in [0.15, 0.2) is 0 Å². The summed E-state index contributed by atoms with van der Waals surface area (Å²) in [4.78, 5) is 23.6. The van der Waals surface area contributed by atoms with E-state index in [-0.39, 0.29) is 72.5 Å². The minimum Gasteiger partial charge on any atom is -0.492 e. The normalized spacial score (nSPS) is 19.0. The van der Waals surface area contributed by atoms with Gasteiger partial charge in [0, 0.05) is 36.0 Å². The van der Waals surface area contributed by atoms with E-state index in [1.807, 2.05) is 90.9 Å². The van der Waals surface area contributed by atoms with Crippen LogP contribution in [0.4, 0.5) is 9.59 Å². The van der Waals surface area contributed by atoms with Crippen LogP contribution in [0.15, 0.2) is 42.5 Å². The first-order chi connectivity index (χ1) is 29.1. The molecule has 16 nitrogen and oxygen atoms in total. The third-order valence-corrected chi connectivity index (χ3v) is 10.3. The highest BCUT2D eigenvalue weighted by Crippen LogP contribution is 2.34. The van der Waals surface area contributed by atoms with Crippen LogP contribution in [0.3, 0.4) is 0 Å². The number of nitrogens with one attached hydrogen (secondary N) is 2. The first-order valence-electron chi connectivity index (χ1n) is 20.8. The number of ether oxygens (including phenoxy) is 5. The molecule has 0 radical (unpaired) electrons. The van der Waals surface area contributed by atoms with Gasteiger partial charge in [0.1, 0.15) is 48.3 Å². The number of rotatable bonds is 5. The van der Waals surface area contributed by atoms with Crippen molar-refractivity contribution in [3.63, 3.8) is 0 Å². The van der Waals surface area contributed by atoms with Crippen molar-refractivity contribution in [1.82, 2.24) is 10.6 Å². The average Bonchev–Trinajstić information content (AvgIpc) is 3.70. The van der Waals surface area contributed by atoms with E-state index in [9.17, 15) is 9.59 Å². The van der Waals surface area contributed by atoms with Gasteiger partial charge in [-0.15, -0.1) is 24.8 Å². The number of halogens is 2. The molecule has 0 bridgehead atoms. The quantitative estimate of drug-likeness (QED) is 0.254. The summed E-state index contributed by atoms with van der Waals surface area (Å²) in [6.45, 7) is 19.3. The Morgan fingerprint density at radius 1 is 0.591 bits per heavy atom. The van der Waals surface area contributed by atoms with Gasteiger partial charge in [-0.25, -0.2) is 9.59 Å². The molecule has 0 aromatic heterocycles. The van der Waals surface area contributed by atoms with E-state index in [1.54, 1.807) is 0 Å². The maximum atomic E-state index is 11.9. The van der Waals surface area contributed by atoms with Crippen LogP contribution in [0.5, 0.6) is 17.2 Å². The fourth-order valence-electron chi connectivity index (χ4n) is 7.87. The van der Waals surface area contributed by atoms with Crippen molar-refractivity contribution in [2.75, 3.05) is 59.3 Å². The van der Waals surface area contributed by atoms with Gasteiger partial charge in [-0.05, 0) is 101 Å². The predicted molar refractivity (Wildman–Crippen MR) is 263 cm³/mol. The lowest BCUT2D eigenvalue weighted by molar-refractivity contribution is 0.0485. The highest BCUT2D eigenvalue weighted by Gasteiger charge is 2.44. The molecule has 4 N–H and O–H groups in total. The fourth-order valence-corrected chi connectivity index (χ4v) is 7.87. The number of amides is 2. The summed E-state index contributed by atoms with van der Waals surface area (Å²) in [5.41, 5.74) is 13.0. The average molecular weight is 964 g/mol. The third-order valence-electron chi connectivity index (χ3n) is 10.3. The zero-order chi connectivity index (χ0) is 43.5. The molecule has 6 aliphatic heterocycles. The Balaban J connectivity index is 0.000000332. The van der Waals surface area contributed by atoms with Crippen LogP contribution in [0, 0.1) is 13.8 Å². The molecule has 0 saturated carbocycles. The van der Waals surface area contributed by atoms with Gasteiger partial charge < -0.3 is 68.0 Å². The minimum atomic E-state index is -0.526. The number of nitrogens with two attached hydrogens (primary N) is 1. The molecule has 366 valence electrons. The van der Waals surface area contributed by atoms with Crippen LogP contribution in [-0.4, -0.2) is 104 Å². The fraction of sp³-hybridized carbons (Fsp3) is 0.556. The van der Waals surface area contributed by atoms with Crippen molar-refractivity contribution >= 4 is 74.7 Å². The van der Waals surface area contributed by atoms with Crippen LogP contribution in [0.1, 0.15) is 110 Å². The maximum Gasteiger partial charge on any atom is 0.498 e. The Labute approximate surface area is 404 Å². The van der Waals surface area contributed by atoms with Crippen molar-refractivity contribution in [3.8, 4) is 17.2 Å². The molecule has 21 heteroatoms. The first-order valence-corrected chi connectivity index (χ1v) is 20.8. The summed E-state index contributed by atoms with van der Waals surface area (Å²) in [6, 6.07) is 13.8. The number of aryl methyl sites for hydroxylation is 2. The van der Waals surface area contributed by atoms with Crippen LogP contribution >= 0.6 is 24.8 Å². The second-order valence-corrected chi connectivity index (χ2v) is 17.2. The Hall–Kier alpha value is -3.91. The molecule has 3 aromatic carbocycles. The smallest absolute Gasteiger partial charge is 0.492 e. The van der Waals surface area contributed by atoms with Crippen LogP contribution in [0.2, 0.25) is 0 Å². The molecule has 3 aromatic rings. The number of carbonyl (C=O) groups excluding carboxylic acids is 2. The Morgan fingerprint density at radius 2 is 0.985 bits per heavy atom. The highest BCUT2D eigenvalue weighted by atomic mass is 35.5. The topological polar surface area (TPSA) is 186 Å². The second kappa shape index (κ2) is 24.9. The molecule has 2 amide bonds. The third kappa shape index (κ3) is 13.9. The van der Waals surface area contributed by atoms with Crippen molar-refractivity contribution < 1.29 is 61.2 Å².